The first-order chi connectivity index (χ1) is 25.0. The summed E-state index contributed by atoms with van der Waals surface area (Å²) in [5.41, 5.74) is 12.6. The molecule has 2 aromatic heterocycles. The number of H-pyrrole nitrogens is 1. The van der Waals surface area contributed by atoms with Crippen LogP contribution in [0.3, 0.4) is 0 Å². The molecule has 2 heterocycles. The van der Waals surface area contributed by atoms with Gasteiger partial charge in [-0.2, -0.15) is 0 Å². The molecule has 0 amide bonds. The third kappa shape index (κ3) is 4.99. The molecule has 0 saturated heterocycles. The van der Waals surface area contributed by atoms with Crippen molar-refractivity contribution in [3.63, 3.8) is 0 Å². The summed E-state index contributed by atoms with van der Waals surface area (Å²) in [6.07, 6.45) is 9.54. The van der Waals surface area contributed by atoms with Crippen molar-refractivity contribution in [1.82, 2.24) is 4.98 Å². The van der Waals surface area contributed by atoms with E-state index in [0.29, 0.717) is 0 Å². The first kappa shape index (κ1) is 31.3. The Morgan fingerprint density at radius 1 is 0.588 bits per heavy atom. The molecule has 1 unspecified atom stereocenters. The van der Waals surface area contributed by atoms with Crippen LogP contribution in [0.5, 0.6) is 0 Å². The van der Waals surface area contributed by atoms with Crippen molar-refractivity contribution in [3.05, 3.63) is 174 Å². The van der Waals surface area contributed by atoms with Gasteiger partial charge in [-0.05, 0) is 81.9 Å². The highest BCUT2D eigenvalue weighted by atomic mass is 32.1. The Morgan fingerprint density at radius 2 is 1.27 bits per heavy atom. The number of rotatable bonds is 4. The normalized spacial score (nSPS) is 16.0. The minimum Gasteiger partial charge on any atom is -0.354 e. The molecular formula is C48H40N2S. The molecule has 3 heteroatoms. The van der Waals surface area contributed by atoms with Crippen LogP contribution in [0.4, 0.5) is 11.4 Å². The number of nitrogens with zero attached hydrogens (tertiary/aromatic N) is 1. The van der Waals surface area contributed by atoms with Crippen LogP contribution in [-0.4, -0.2) is 11.0 Å². The van der Waals surface area contributed by atoms with E-state index >= 15 is 0 Å². The van der Waals surface area contributed by atoms with Gasteiger partial charge in [0.25, 0.3) is 0 Å². The molecule has 2 nitrogen and oxygen atoms in total. The van der Waals surface area contributed by atoms with E-state index in [1.807, 2.05) is 25.2 Å². The molecule has 1 atom stereocenters. The lowest BCUT2D eigenvalue weighted by molar-refractivity contribution is 0.654. The number of thiophene rings is 1. The predicted octanol–water partition coefficient (Wildman–Crippen LogP) is 13.8. The van der Waals surface area contributed by atoms with Crippen LogP contribution >= 0.6 is 11.3 Å². The van der Waals surface area contributed by atoms with Gasteiger partial charge in [0.05, 0.1) is 6.04 Å². The Labute approximate surface area is 303 Å². The second-order valence-electron chi connectivity index (χ2n) is 13.8. The summed E-state index contributed by atoms with van der Waals surface area (Å²) in [6, 6.07) is 48.9. The van der Waals surface area contributed by atoms with Crippen molar-refractivity contribution in [3.8, 4) is 11.1 Å². The second-order valence-corrected chi connectivity index (χ2v) is 14.9. The first-order valence-electron chi connectivity index (χ1n) is 18.1. The van der Waals surface area contributed by atoms with Gasteiger partial charge in [-0.15, -0.1) is 11.3 Å². The summed E-state index contributed by atoms with van der Waals surface area (Å²) in [6.45, 7) is 8.71. The van der Waals surface area contributed by atoms with Crippen molar-refractivity contribution in [2.24, 2.45) is 0 Å². The number of benzene rings is 6. The molecule has 0 spiro atoms. The molecule has 0 aliphatic heterocycles. The van der Waals surface area contributed by atoms with Crippen LogP contribution in [0, 0.1) is 0 Å². The molecule has 8 aromatic rings. The number of allylic oxidation sites excluding steroid dienone is 4. The van der Waals surface area contributed by atoms with E-state index in [-0.39, 0.29) is 11.5 Å². The van der Waals surface area contributed by atoms with Crippen molar-refractivity contribution in [2.45, 2.75) is 39.2 Å². The molecule has 1 N–H and O–H groups in total. The van der Waals surface area contributed by atoms with E-state index in [1.165, 1.54) is 81.1 Å². The second kappa shape index (κ2) is 12.3. The molecule has 0 saturated carbocycles. The highest BCUT2D eigenvalue weighted by Gasteiger charge is 2.36. The number of para-hydroxylation sites is 1. The zero-order valence-corrected chi connectivity index (χ0v) is 30.3. The highest BCUT2D eigenvalue weighted by Crippen LogP contribution is 2.49. The van der Waals surface area contributed by atoms with Gasteiger partial charge in [-0.25, -0.2) is 0 Å². The van der Waals surface area contributed by atoms with Gasteiger partial charge >= 0.3 is 0 Å². The quantitative estimate of drug-likeness (QED) is 0.197. The Kier molecular flexibility index (Phi) is 7.56. The monoisotopic (exact) mass is 676 g/mol. The number of aromatic nitrogens is 1. The smallest absolute Gasteiger partial charge is 0.0712 e. The lowest BCUT2D eigenvalue weighted by Crippen LogP contribution is -2.27. The van der Waals surface area contributed by atoms with Gasteiger partial charge in [0, 0.05) is 58.8 Å². The van der Waals surface area contributed by atoms with E-state index in [2.05, 4.69) is 181 Å². The van der Waals surface area contributed by atoms with Crippen LogP contribution in [0.2, 0.25) is 0 Å². The van der Waals surface area contributed by atoms with Gasteiger partial charge < -0.3 is 9.88 Å². The largest absolute Gasteiger partial charge is 0.354 e. The molecule has 10 rings (SSSR count). The Balaban J connectivity index is 0.00000171. The van der Waals surface area contributed by atoms with E-state index in [0.717, 1.165) is 5.69 Å². The summed E-state index contributed by atoms with van der Waals surface area (Å²) in [5, 5.41) is 5.23. The van der Waals surface area contributed by atoms with Crippen molar-refractivity contribution in [2.75, 3.05) is 4.90 Å². The van der Waals surface area contributed by atoms with E-state index in [4.69, 9.17) is 0 Å². The Hall–Kier alpha value is -5.64. The van der Waals surface area contributed by atoms with Gasteiger partial charge in [0.15, 0.2) is 0 Å². The van der Waals surface area contributed by atoms with Gasteiger partial charge in [0.1, 0.15) is 0 Å². The molecule has 51 heavy (non-hydrogen) atoms. The zero-order valence-electron chi connectivity index (χ0n) is 29.4. The van der Waals surface area contributed by atoms with Crippen LogP contribution in [0.25, 0.3) is 58.7 Å². The van der Waals surface area contributed by atoms with Crippen molar-refractivity contribution in [1.29, 1.82) is 0 Å². The van der Waals surface area contributed by atoms with Crippen molar-refractivity contribution >= 4 is 70.3 Å². The third-order valence-electron chi connectivity index (χ3n) is 10.7. The Bertz CT molecular complexity index is 2680. The molecule has 6 aromatic carbocycles. The SMILES string of the molecule is CC.CC1(C)C2=C(C=CC(N(c3ccc(-c4ccccc4)cc3)c3ccc4sc5ccc6[nH]c7ccccc7c6c5c4c3)C=C2)c2ccccc21. The molecule has 2 aliphatic rings. The maximum Gasteiger partial charge on any atom is 0.0712 e. The van der Waals surface area contributed by atoms with Gasteiger partial charge in [0.2, 0.25) is 0 Å². The minimum atomic E-state index is -0.0526. The zero-order chi connectivity index (χ0) is 34.7. The van der Waals surface area contributed by atoms with Crippen LogP contribution in [0.15, 0.2) is 163 Å². The topological polar surface area (TPSA) is 19.0 Å². The summed E-state index contributed by atoms with van der Waals surface area (Å²) in [4.78, 5) is 6.17. The highest BCUT2D eigenvalue weighted by molar-refractivity contribution is 7.26. The fraction of sp³-hybridized carbons (Fsp3) is 0.125. The summed E-state index contributed by atoms with van der Waals surface area (Å²) in [5.74, 6) is 0. The number of fused-ring (bicyclic) bond motifs is 9. The lowest BCUT2D eigenvalue weighted by atomic mass is 9.81. The molecule has 0 radical (unpaired) electrons. The fourth-order valence-corrected chi connectivity index (χ4v) is 9.37. The molecule has 248 valence electrons. The van der Waals surface area contributed by atoms with E-state index in [1.54, 1.807) is 0 Å². The van der Waals surface area contributed by atoms with Crippen LogP contribution < -0.4 is 4.90 Å². The Morgan fingerprint density at radius 3 is 2.12 bits per heavy atom. The fourth-order valence-electron chi connectivity index (χ4n) is 8.28. The average molecular weight is 677 g/mol. The maximum atomic E-state index is 3.67. The van der Waals surface area contributed by atoms with Crippen LogP contribution in [-0.2, 0) is 5.41 Å². The number of hydrogen-bond acceptors (Lipinski definition) is 2. The standard InChI is InChI=1S/C46H34N2S.C2H6/c1-46(2)38-14-8-6-12-34(38)35-23-20-32(21-24-39(35)46)48(31-18-16-30(17-19-31)29-10-4-3-5-11-29)33-22-26-42-37(28-33)45-43(49-42)27-25-41-44(45)36-13-7-9-15-40(36)47-41;1-2/h3-28,32,47H,1-2H3;1-2H3. The summed E-state index contributed by atoms with van der Waals surface area (Å²) < 4.78 is 2.63. The van der Waals surface area contributed by atoms with Crippen LogP contribution in [0.1, 0.15) is 38.8 Å². The van der Waals surface area contributed by atoms with Crippen molar-refractivity contribution < 1.29 is 0 Å². The van der Waals surface area contributed by atoms with E-state index in [9.17, 15) is 0 Å². The van der Waals surface area contributed by atoms with Gasteiger partial charge in [-0.1, -0.05) is 137 Å². The predicted molar refractivity (Wildman–Crippen MR) is 223 cm³/mol. The maximum absolute atomic E-state index is 3.67. The third-order valence-corrected chi connectivity index (χ3v) is 11.8. The first-order valence-corrected chi connectivity index (χ1v) is 18.9. The van der Waals surface area contributed by atoms with E-state index < -0.39 is 0 Å². The number of hydrogen-bond donors (Lipinski definition) is 1. The number of nitrogens with one attached hydrogen (secondary N) is 1. The molecular weight excluding hydrogens is 637 g/mol. The summed E-state index contributed by atoms with van der Waals surface area (Å²) in [7, 11) is 0. The average Bonchev–Trinajstić information content (AvgIpc) is 3.74. The number of anilines is 2. The lowest BCUT2D eigenvalue weighted by Gasteiger charge is -2.31. The molecule has 2 aliphatic carbocycles. The van der Waals surface area contributed by atoms with Gasteiger partial charge in [-0.3, -0.25) is 0 Å². The number of aromatic amines is 1. The molecule has 0 fully saturated rings. The molecule has 0 bridgehead atoms. The summed E-state index contributed by atoms with van der Waals surface area (Å²) >= 11 is 1.88. The minimum absolute atomic E-state index is 0.0200.